The topological polar surface area (TPSA) is 78.4 Å². The molecule has 0 aliphatic carbocycles. The minimum absolute atomic E-state index is 0.271. The van der Waals surface area contributed by atoms with Crippen molar-refractivity contribution in [3.63, 3.8) is 0 Å². The van der Waals surface area contributed by atoms with Crippen LogP contribution < -0.4 is 5.32 Å². The van der Waals surface area contributed by atoms with Gasteiger partial charge in [-0.05, 0) is 34.7 Å². The molecule has 2 N–H and O–H groups in total. The Kier molecular flexibility index (Phi) is 3.51. The predicted octanol–water partition coefficient (Wildman–Crippen LogP) is 0.478. The van der Waals surface area contributed by atoms with Crippen LogP contribution in [0.3, 0.4) is 0 Å². The molecule has 3 heterocycles. The van der Waals surface area contributed by atoms with Gasteiger partial charge in [0.05, 0.1) is 6.61 Å². The molecule has 3 saturated heterocycles. The second kappa shape index (κ2) is 4.73. The first-order valence-corrected chi connectivity index (χ1v) is 7.49. The number of likely N-dealkylation sites (N-methyl/N-ethyl adjacent to an activating group) is 1. The van der Waals surface area contributed by atoms with E-state index in [1.165, 1.54) is 6.08 Å². The van der Waals surface area contributed by atoms with E-state index < -0.39 is 41.4 Å². The molecule has 0 aromatic rings. The fourth-order valence-electron chi connectivity index (χ4n) is 3.51. The van der Waals surface area contributed by atoms with Crippen molar-refractivity contribution in [2.24, 2.45) is 0 Å². The van der Waals surface area contributed by atoms with Crippen LogP contribution in [0.4, 0.5) is 0 Å². The summed E-state index contributed by atoms with van der Waals surface area (Å²) >= 11 is 0. The number of nitrogens with one attached hydrogen (secondary N) is 1. The SMILES string of the molecule is C=C[C@]1(O)[C@H]2OC(C)(C)O[C@H]2OC1(NC)C1COC(C)(C)O1. The van der Waals surface area contributed by atoms with Gasteiger partial charge in [-0.15, -0.1) is 0 Å². The zero-order valence-corrected chi connectivity index (χ0v) is 13.7. The maximum Gasteiger partial charge on any atom is 0.193 e. The molecule has 5 atom stereocenters. The molecule has 0 aromatic carbocycles. The van der Waals surface area contributed by atoms with E-state index >= 15 is 0 Å². The van der Waals surface area contributed by atoms with Gasteiger partial charge >= 0.3 is 0 Å². The first-order chi connectivity index (χ1) is 10.1. The Morgan fingerprint density at radius 2 is 1.77 bits per heavy atom. The summed E-state index contributed by atoms with van der Waals surface area (Å²) < 4.78 is 29.2. The Hall–Kier alpha value is -0.540. The zero-order valence-electron chi connectivity index (χ0n) is 13.7. The average molecular weight is 315 g/mol. The largest absolute Gasteiger partial charge is 0.378 e. The molecule has 3 rings (SSSR count). The molecule has 7 nitrogen and oxygen atoms in total. The minimum atomic E-state index is -1.53. The van der Waals surface area contributed by atoms with Crippen LogP contribution in [-0.4, -0.2) is 60.2 Å². The molecule has 3 aliphatic rings. The Morgan fingerprint density at radius 1 is 1.09 bits per heavy atom. The van der Waals surface area contributed by atoms with Crippen LogP contribution in [-0.2, 0) is 23.7 Å². The smallest absolute Gasteiger partial charge is 0.193 e. The Balaban J connectivity index is 1.97. The Morgan fingerprint density at radius 3 is 2.27 bits per heavy atom. The van der Waals surface area contributed by atoms with Crippen molar-refractivity contribution in [1.29, 1.82) is 0 Å². The summed E-state index contributed by atoms with van der Waals surface area (Å²) in [6, 6.07) is 0. The highest BCUT2D eigenvalue weighted by Gasteiger charge is 2.73. The van der Waals surface area contributed by atoms with Gasteiger partial charge in [-0.3, -0.25) is 5.32 Å². The van der Waals surface area contributed by atoms with Crippen molar-refractivity contribution < 1.29 is 28.8 Å². The van der Waals surface area contributed by atoms with Crippen molar-refractivity contribution >= 4 is 0 Å². The average Bonchev–Trinajstić information content (AvgIpc) is 3.00. The van der Waals surface area contributed by atoms with E-state index in [2.05, 4.69) is 11.9 Å². The molecule has 0 amide bonds. The summed E-state index contributed by atoms with van der Waals surface area (Å²) in [6.45, 7) is 11.2. The zero-order chi connectivity index (χ0) is 16.4. The standard InChI is InChI=1S/C15H25NO6/c1-7-14(17)10-11(21-13(4,5)20-10)22-15(14,16-6)9-8-18-12(2,3)19-9/h7,9-11,16-17H,1,8H2,2-6H3/t9?,10-,11-,14-,15?/m0/s1. The van der Waals surface area contributed by atoms with Crippen LogP contribution in [0.25, 0.3) is 0 Å². The van der Waals surface area contributed by atoms with Gasteiger partial charge < -0.3 is 28.8 Å². The summed E-state index contributed by atoms with van der Waals surface area (Å²) in [6.07, 6.45) is -0.554. The molecule has 0 radical (unpaired) electrons. The first-order valence-electron chi connectivity index (χ1n) is 7.49. The number of rotatable bonds is 3. The number of fused-ring (bicyclic) bond motifs is 1. The Bertz CT molecular complexity index is 481. The lowest BCUT2D eigenvalue weighted by Gasteiger charge is -2.44. The minimum Gasteiger partial charge on any atom is -0.378 e. The number of aliphatic hydroxyl groups is 1. The first kappa shape index (κ1) is 16.3. The van der Waals surface area contributed by atoms with Crippen molar-refractivity contribution in [2.45, 2.75) is 69.1 Å². The maximum atomic E-state index is 11.3. The molecule has 3 aliphatic heterocycles. The third-order valence-corrected chi connectivity index (χ3v) is 4.53. The lowest BCUT2D eigenvalue weighted by atomic mass is 9.83. The van der Waals surface area contributed by atoms with Crippen LogP contribution >= 0.6 is 0 Å². The summed E-state index contributed by atoms with van der Waals surface area (Å²) in [5, 5.41) is 14.3. The van der Waals surface area contributed by atoms with Gasteiger partial charge in [0.15, 0.2) is 29.2 Å². The van der Waals surface area contributed by atoms with Gasteiger partial charge in [-0.1, -0.05) is 12.7 Å². The summed E-state index contributed by atoms with van der Waals surface area (Å²) in [5.74, 6) is -1.59. The van der Waals surface area contributed by atoms with Gasteiger partial charge in [0.25, 0.3) is 0 Å². The summed E-state index contributed by atoms with van der Waals surface area (Å²) in [4.78, 5) is 0. The van der Waals surface area contributed by atoms with Crippen LogP contribution in [0.5, 0.6) is 0 Å². The fourth-order valence-corrected chi connectivity index (χ4v) is 3.51. The maximum absolute atomic E-state index is 11.3. The number of hydrogen-bond donors (Lipinski definition) is 2. The molecular weight excluding hydrogens is 290 g/mol. The molecular formula is C15H25NO6. The van der Waals surface area contributed by atoms with E-state index in [0.717, 1.165) is 0 Å². The van der Waals surface area contributed by atoms with Crippen molar-refractivity contribution in [3.05, 3.63) is 12.7 Å². The molecule has 0 saturated carbocycles. The van der Waals surface area contributed by atoms with Gasteiger partial charge in [0.1, 0.15) is 12.2 Å². The quantitative estimate of drug-likeness (QED) is 0.733. The molecule has 0 aromatic heterocycles. The highest BCUT2D eigenvalue weighted by Crippen LogP contribution is 2.51. The number of hydrogen-bond acceptors (Lipinski definition) is 7. The summed E-state index contributed by atoms with van der Waals surface area (Å²) in [5.41, 5.74) is -2.80. The van der Waals surface area contributed by atoms with E-state index in [4.69, 9.17) is 23.7 Å². The fraction of sp³-hybridized carbons (Fsp3) is 0.867. The number of ether oxygens (including phenoxy) is 5. The second-order valence-corrected chi connectivity index (χ2v) is 6.87. The van der Waals surface area contributed by atoms with E-state index in [9.17, 15) is 5.11 Å². The highest BCUT2D eigenvalue weighted by atomic mass is 16.9. The van der Waals surface area contributed by atoms with Gasteiger partial charge in [-0.25, -0.2) is 0 Å². The lowest BCUT2D eigenvalue weighted by molar-refractivity contribution is -0.285. The molecule has 2 unspecified atom stereocenters. The van der Waals surface area contributed by atoms with E-state index in [1.807, 2.05) is 13.8 Å². The van der Waals surface area contributed by atoms with Crippen LogP contribution in [0, 0.1) is 0 Å². The van der Waals surface area contributed by atoms with Crippen molar-refractivity contribution in [3.8, 4) is 0 Å². The highest BCUT2D eigenvalue weighted by molar-refractivity contribution is 5.23. The van der Waals surface area contributed by atoms with Gasteiger partial charge in [-0.2, -0.15) is 0 Å². The third-order valence-electron chi connectivity index (χ3n) is 4.53. The van der Waals surface area contributed by atoms with Crippen LogP contribution in [0.15, 0.2) is 12.7 Å². The van der Waals surface area contributed by atoms with E-state index in [0.29, 0.717) is 0 Å². The monoisotopic (exact) mass is 315 g/mol. The summed E-state index contributed by atoms with van der Waals surface area (Å²) in [7, 11) is 1.69. The third kappa shape index (κ3) is 2.08. The molecule has 3 fully saturated rings. The van der Waals surface area contributed by atoms with Crippen LogP contribution in [0.1, 0.15) is 27.7 Å². The normalized spacial score (nSPS) is 49.3. The molecule has 126 valence electrons. The van der Waals surface area contributed by atoms with Crippen molar-refractivity contribution in [2.75, 3.05) is 13.7 Å². The predicted molar refractivity (Wildman–Crippen MR) is 76.8 cm³/mol. The lowest BCUT2D eigenvalue weighted by Crippen LogP contribution is -2.69. The molecule has 0 spiro atoms. The van der Waals surface area contributed by atoms with Crippen LogP contribution in [0.2, 0.25) is 0 Å². The molecule has 7 heteroatoms. The molecule has 22 heavy (non-hydrogen) atoms. The van der Waals surface area contributed by atoms with Gasteiger partial charge in [0.2, 0.25) is 0 Å². The molecule has 0 bridgehead atoms. The second-order valence-electron chi connectivity index (χ2n) is 6.87. The van der Waals surface area contributed by atoms with Crippen molar-refractivity contribution in [1.82, 2.24) is 5.32 Å². The van der Waals surface area contributed by atoms with Gasteiger partial charge in [0, 0.05) is 0 Å². The Labute approximate surface area is 130 Å². The van der Waals surface area contributed by atoms with E-state index in [1.54, 1.807) is 20.9 Å². The van der Waals surface area contributed by atoms with E-state index in [-0.39, 0.29) is 6.61 Å².